The first-order valence-corrected chi connectivity index (χ1v) is 10.2. The number of nitrogens with one attached hydrogen (secondary N) is 2. The molecule has 2 aromatic carbocycles. The van der Waals surface area contributed by atoms with Gasteiger partial charge < -0.3 is 29.4 Å². The zero-order chi connectivity index (χ0) is 21.6. The molecule has 1 aromatic heterocycles. The fourth-order valence-electron chi connectivity index (χ4n) is 3.59. The molecular formula is C23H26N4O4. The molecule has 1 aliphatic heterocycles. The van der Waals surface area contributed by atoms with Gasteiger partial charge in [-0.1, -0.05) is 24.3 Å². The molecule has 162 valence electrons. The van der Waals surface area contributed by atoms with Crippen LogP contribution in [0.3, 0.4) is 0 Å². The molecule has 0 radical (unpaired) electrons. The Morgan fingerprint density at radius 3 is 2.77 bits per heavy atom. The average molecular weight is 422 g/mol. The second-order valence-corrected chi connectivity index (χ2v) is 7.20. The minimum absolute atomic E-state index is 0.281. The minimum Gasteiger partial charge on any atom is -0.496 e. The van der Waals surface area contributed by atoms with E-state index in [4.69, 9.17) is 14.2 Å². The van der Waals surface area contributed by atoms with Gasteiger partial charge in [-0.15, -0.1) is 0 Å². The number of para-hydroxylation sites is 1. The maximum Gasteiger partial charge on any atom is 0.315 e. The number of carbonyl (C=O) groups is 1. The molecule has 0 spiro atoms. The van der Waals surface area contributed by atoms with Gasteiger partial charge in [0.2, 0.25) is 0 Å². The molecule has 31 heavy (non-hydrogen) atoms. The van der Waals surface area contributed by atoms with Crippen molar-refractivity contribution in [3.05, 3.63) is 71.8 Å². The van der Waals surface area contributed by atoms with Crippen molar-refractivity contribution in [3.63, 3.8) is 0 Å². The van der Waals surface area contributed by atoms with E-state index in [2.05, 4.69) is 15.6 Å². The molecule has 4 rings (SSSR count). The van der Waals surface area contributed by atoms with E-state index in [1.807, 2.05) is 60.3 Å². The lowest BCUT2D eigenvalue weighted by atomic mass is 10.0. The third-order valence-corrected chi connectivity index (χ3v) is 5.15. The van der Waals surface area contributed by atoms with Gasteiger partial charge in [0.15, 0.2) is 11.5 Å². The van der Waals surface area contributed by atoms with Gasteiger partial charge in [-0.2, -0.15) is 0 Å². The number of aryl methyl sites for hydroxylation is 1. The number of carbonyl (C=O) groups excluding carboxylic acids is 1. The van der Waals surface area contributed by atoms with Crippen molar-refractivity contribution in [3.8, 4) is 17.2 Å². The van der Waals surface area contributed by atoms with Crippen LogP contribution in [0, 0.1) is 0 Å². The lowest BCUT2D eigenvalue weighted by molar-refractivity contribution is 0.171. The van der Waals surface area contributed by atoms with Crippen LogP contribution in [0.4, 0.5) is 4.79 Å². The minimum atomic E-state index is -0.453. The summed E-state index contributed by atoms with van der Waals surface area (Å²) in [4.78, 5) is 17.1. The number of rotatable bonds is 7. The van der Waals surface area contributed by atoms with Crippen molar-refractivity contribution in [2.75, 3.05) is 26.9 Å². The van der Waals surface area contributed by atoms with Crippen LogP contribution in [-0.4, -0.2) is 42.5 Å². The van der Waals surface area contributed by atoms with E-state index in [-0.39, 0.29) is 6.03 Å². The quantitative estimate of drug-likeness (QED) is 0.612. The van der Waals surface area contributed by atoms with Gasteiger partial charge in [0, 0.05) is 31.5 Å². The molecule has 0 bridgehead atoms. The van der Waals surface area contributed by atoms with E-state index in [1.165, 1.54) is 0 Å². The van der Waals surface area contributed by atoms with Crippen molar-refractivity contribution in [2.45, 2.75) is 12.5 Å². The largest absolute Gasteiger partial charge is 0.496 e. The Morgan fingerprint density at radius 2 is 2.00 bits per heavy atom. The van der Waals surface area contributed by atoms with Gasteiger partial charge in [-0.05, 0) is 30.2 Å². The summed E-state index contributed by atoms with van der Waals surface area (Å²) >= 11 is 0. The highest BCUT2D eigenvalue weighted by molar-refractivity contribution is 5.75. The number of hydrogen-bond donors (Lipinski definition) is 2. The molecule has 0 saturated carbocycles. The number of imidazole rings is 1. The Bertz CT molecular complexity index is 1050. The summed E-state index contributed by atoms with van der Waals surface area (Å²) in [5.41, 5.74) is 1.90. The van der Waals surface area contributed by atoms with Gasteiger partial charge in [0.25, 0.3) is 0 Å². The Kier molecular flexibility index (Phi) is 6.26. The van der Waals surface area contributed by atoms with Gasteiger partial charge >= 0.3 is 6.03 Å². The Hall–Kier alpha value is -3.68. The molecule has 0 aliphatic carbocycles. The monoisotopic (exact) mass is 422 g/mol. The second kappa shape index (κ2) is 9.42. The Balaban J connectivity index is 1.42. The molecule has 0 unspecified atom stereocenters. The Morgan fingerprint density at radius 1 is 1.19 bits per heavy atom. The van der Waals surface area contributed by atoms with Gasteiger partial charge in [0.05, 0.1) is 7.11 Å². The molecule has 3 aromatic rings. The van der Waals surface area contributed by atoms with Crippen LogP contribution >= 0.6 is 0 Å². The standard InChI is InChI=1S/C23H26N4O4/c1-27-12-11-24-22(27)21(17-5-3-4-6-18(17)29-2)26-23(28)25-10-9-16-7-8-19-20(15-16)31-14-13-30-19/h3-8,11-12,15,21H,9-10,13-14H2,1-2H3,(H2,25,26,28)/t21-/m0/s1. The molecule has 8 heteroatoms. The van der Waals surface area contributed by atoms with Crippen LogP contribution in [0.2, 0.25) is 0 Å². The normalized spacial score (nSPS) is 13.4. The summed E-state index contributed by atoms with van der Waals surface area (Å²) in [6.45, 7) is 1.59. The highest BCUT2D eigenvalue weighted by atomic mass is 16.6. The molecule has 2 amide bonds. The van der Waals surface area contributed by atoms with Crippen LogP contribution in [0.5, 0.6) is 17.2 Å². The number of ether oxygens (including phenoxy) is 3. The summed E-state index contributed by atoms with van der Waals surface area (Å²) < 4.78 is 18.6. The highest BCUT2D eigenvalue weighted by Crippen LogP contribution is 2.31. The number of benzene rings is 2. The molecule has 2 heterocycles. The third-order valence-electron chi connectivity index (χ3n) is 5.15. The number of amides is 2. The van der Waals surface area contributed by atoms with Crippen molar-refractivity contribution < 1.29 is 19.0 Å². The van der Waals surface area contributed by atoms with Crippen LogP contribution < -0.4 is 24.8 Å². The van der Waals surface area contributed by atoms with Crippen LogP contribution in [-0.2, 0) is 13.5 Å². The molecular weight excluding hydrogens is 396 g/mol. The van der Waals surface area contributed by atoms with Crippen LogP contribution in [0.25, 0.3) is 0 Å². The number of hydrogen-bond acceptors (Lipinski definition) is 5. The Labute approximate surface area is 181 Å². The topological polar surface area (TPSA) is 86.6 Å². The van der Waals surface area contributed by atoms with E-state index in [9.17, 15) is 4.79 Å². The predicted octanol–water partition coefficient (Wildman–Crippen LogP) is 2.83. The van der Waals surface area contributed by atoms with E-state index in [0.29, 0.717) is 37.8 Å². The zero-order valence-corrected chi connectivity index (χ0v) is 17.6. The van der Waals surface area contributed by atoms with E-state index in [0.717, 1.165) is 22.6 Å². The third kappa shape index (κ3) is 4.74. The van der Waals surface area contributed by atoms with E-state index < -0.39 is 6.04 Å². The van der Waals surface area contributed by atoms with Crippen molar-refractivity contribution in [1.82, 2.24) is 20.2 Å². The van der Waals surface area contributed by atoms with Crippen LogP contribution in [0.1, 0.15) is 23.0 Å². The highest BCUT2D eigenvalue weighted by Gasteiger charge is 2.23. The van der Waals surface area contributed by atoms with Crippen molar-refractivity contribution in [2.24, 2.45) is 7.05 Å². The lowest BCUT2D eigenvalue weighted by Gasteiger charge is -2.21. The van der Waals surface area contributed by atoms with Gasteiger partial charge in [-0.3, -0.25) is 0 Å². The molecule has 1 aliphatic rings. The number of methoxy groups -OCH3 is 1. The fourth-order valence-corrected chi connectivity index (χ4v) is 3.59. The van der Waals surface area contributed by atoms with E-state index in [1.54, 1.807) is 13.3 Å². The SMILES string of the molecule is COc1ccccc1[C@H](NC(=O)NCCc1ccc2c(c1)OCCO2)c1nccn1C. The molecule has 1 atom stereocenters. The molecule has 2 N–H and O–H groups in total. The van der Waals surface area contributed by atoms with Crippen LogP contribution in [0.15, 0.2) is 54.9 Å². The summed E-state index contributed by atoms with van der Waals surface area (Å²) in [5, 5.41) is 5.96. The van der Waals surface area contributed by atoms with Gasteiger partial charge in [0.1, 0.15) is 30.8 Å². The smallest absolute Gasteiger partial charge is 0.315 e. The van der Waals surface area contributed by atoms with Gasteiger partial charge in [-0.25, -0.2) is 9.78 Å². The number of urea groups is 1. The maximum atomic E-state index is 12.7. The summed E-state index contributed by atoms with van der Waals surface area (Å²) in [6.07, 6.45) is 4.23. The molecule has 0 fully saturated rings. The summed E-state index contributed by atoms with van der Waals surface area (Å²) in [5.74, 6) is 2.91. The fraction of sp³-hybridized carbons (Fsp3) is 0.304. The first-order chi connectivity index (χ1) is 15.2. The number of nitrogens with zero attached hydrogens (tertiary/aromatic N) is 2. The zero-order valence-electron chi connectivity index (χ0n) is 17.6. The molecule has 0 saturated heterocycles. The second-order valence-electron chi connectivity index (χ2n) is 7.20. The summed E-state index contributed by atoms with van der Waals surface area (Å²) in [7, 11) is 3.51. The van der Waals surface area contributed by atoms with E-state index >= 15 is 0 Å². The predicted molar refractivity (Wildman–Crippen MR) is 116 cm³/mol. The van der Waals surface area contributed by atoms with Crippen molar-refractivity contribution >= 4 is 6.03 Å². The first-order valence-electron chi connectivity index (χ1n) is 10.2. The number of aromatic nitrogens is 2. The average Bonchev–Trinajstić information content (AvgIpc) is 3.23. The first kappa shape index (κ1) is 20.6. The number of fused-ring (bicyclic) bond motifs is 1. The van der Waals surface area contributed by atoms with Crippen molar-refractivity contribution in [1.29, 1.82) is 0 Å². The molecule has 8 nitrogen and oxygen atoms in total. The maximum absolute atomic E-state index is 12.7. The lowest BCUT2D eigenvalue weighted by Crippen LogP contribution is -2.40. The summed E-state index contributed by atoms with van der Waals surface area (Å²) in [6, 6.07) is 12.7.